The lowest BCUT2D eigenvalue weighted by Crippen LogP contribution is -2.07. The molecule has 0 saturated carbocycles. The summed E-state index contributed by atoms with van der Waals surface area (Å²) in [5.41, 5.74) is 1.89. The molecule has 0 aliphatic heterocycles. The van der Waals surface area contributed by atoms with Crippen molar-refractivity contribution in [2.45, 2.75) is 6.54 Å². The van der Waals surface area contributed by atoms with E-state index in [9.17, 15) is 9.90 Å². The summed E-state index contributed by atoms with van der Waals surface area (Å²) in [5, 5.41) is 24.8. The van der Waals surface area contributed by atoms with Crippen molar-refractivity contribution in [3.63, 3.8) is 0 Å². The van der Waals surface area contributed by atoms with E-state index in [1.807, 2.05) is 0 Å². The van der Waals surface area contributed by atoms with E-state index in [0.29, 0.717) is 23.3 Å². The van der Waals surface area contributed by atoms with Crippen LogP contribution in [0.3, 0.4) is 0 Å². The highest BCUT2D eigenvalue weighted by molar-refractivity contribution is 6.00. The molecule has 0 saturated heterocycles. The van der Waals surface area contributed by atoms with Crippen molar-refractivity contribution >= 4 is 17.0 Å². The largest absolute Gasteiger partial charge is 0.478 e. The van der Waals surface area contributed by atoms with Gasteiger partial charge in [-0.05, 0) is 24.3 Å². The minimum atomic E-state index is -1.01. The first-order valence-electron chi connectivity index (χ1n) is 5.58. The Bertz CT molecular complexity index is 738. The average molecular weight is 255 g/mol. The van der Waals surface area contributed by atoms with Crippen LogP contribution in [0, 0.1) is 0 Å². The third-order valence-corrected chi connectivity index (χ3v) is 2.70. The third kappa shape index (κ3) is 2.01. The van der Waals surface area contributed by atoms with E-state index in [4.69, 9.17) is 0 Å². The molecule has 0 spiro atoms. The number of carbonyl (C=O) groups is 1. The maximum absolute atomic E-state index is 11.2. The number of fused-ring (bicyclic) bond motifs is 1. The van der Waals surface area contributed by atoms with E-state index in [2.05, 4.69) is 20.5 Å². The van der Waals surface area contributed by atoms with Crippen LogP contribution < -0.4 is 0 Å². The van der Waals surface area contributed by atoms with Crippen molar-refractivity contribution in [2.75, 3.05) is 0 Å². The van der Waals surface area contributed by atoms with Gasteiger partial charge in [-0.1, -0.05) is 11.3 Å². The smallest absolute Gasteiger partial charge is 0.337 e. The van der Waals surface area contributed by atoms with E-state index >= 15 is 0 Å². The summed E-state index contributed by atoms with van der Waals surface area (Å²) in [7, 11) is 0. The average Bonchev–Trinajstić information content (AvgIpc) is 2.83. The maximum Gasteiger partial charge on any atom is 0.337 e. The van der Waals surface area contributed by atoms with E-state index in [-0.39, 0.29) is 5.56 Å². The predicted octanol–water partition coefficient (Wildman–Crippen LogP) is 0.968. The quantitative estimate of drug-likeness (QED) is 0.749. The molecule has 0 aliphatic carbocycles. The highest BCUT2D eigenvalue weighted by Gasteiger charge is 2.14. The van der Waals surface area contributed by atoms with Crippen molar-refractivity contribution in [1.82, 2.24) is 25.2 Å². The lowest BCUT2D eigenvalue weighted by atomic mass is 10.2. The molecule has 3 rings (SSSR count). The summed E-state index contributed by atoms with van der Waals surface area (Å²) in [6.07, 6.45) is 1.58. The maximum atomic E-state index is 11.2. The molecule has 2 aromatic heterocycles. The molecule has 7 nitrogen and oxygen atoms in total. The second-order valence-electron chi connectivity index (χ2n) is 3.94. The molecule has 0 unspecified atom stereocenters. The number of hydrogen-bond acceptors (Lipinski definition) is 5. The Morgan fingerprint density at radius 1 is 1.21 bits per heavy atom. The van der Waals surface area contributed by atoms with Crippen LogP contribution in [0.1, 0.15) is 16.1 Å². The van der Waals surface area contributed by atoms with E-state index in [0.717, 1.165) is 0 Å². The Morgan fingerprint density at radius 3 is 2.84 bits per heavy atom. The highest BCUT2D eigenvalue weighted by atomic mass is 16.4. The zero-order valence-corrected chi connectivity index (χ0v) is 9.76. The molecule has 94 valence electrons. The van der Waals surface area contributed by atoms with Crippen LogP contribution in [-0.4, -0.2) is 36.3 Å². The van der Waals surface area contributed by atoms with Crippen molar-refractivity contribution < 1.29 is 9.90 Å². The second kappa shape index (κ2) is 4.45. The van der Waals surface area contributed by atoms with Gasteiger partial charge in [0.15, 0.2) is 0 Å². The second-order valence-corrected chi connectivity index (χ2v) is 3.94. The molecular formula is C12H9N5O2. The fourth-order valence-corrected chi connectivity index (χ4v) is 1.88. The summed E-state index contributed by atoms with van der Waals surface area (Å²) >= 11 is 0. The minimum Gasteiger partial charge on any atom is -0.478 e. The van der Waals surface area contributed by atoms with Gasteiger partial charge in [-0.15, -0.1) is 5.10 Å². The Kier molecular flexibility index (Phi) is 2.64. The van der Waals surface area contributed by atoms with Crippen molar-refractivity contribution in [3.05, 3.63) is 47.8 Å². The number of carboxylic acid groups (broad SMARTS) is 1. The third-order valence-electron chi connectivity index (χ3n) is 2.70. The van der Waals surface area contributed by atoms with Crippen molar-refractivity contribution in [1.29, 1.82) is 0 Å². The molecule has 0 radical (unpaired) electrons. The lowest BCUT2D eigenvalue weighted by molar-refractivity contribution is 0.0698. The first-order chi connectivity index (χ1) is 9.25. The Morgan fingerprint density at radius 2 is 2.11 bits per heavy atom. The number of para-hydroxylation sites is 1. The molecule has 0 atom stereocenters. The van der Waals surface area contributed by atoms with Crippen molar-refractivity contribution in [2.24, 2.45) is 0 Å². The summed E-state index contributed by atoms with van der Waals surface area (Å²) in [5.74, 6) is -1.01. The molecule has 0 bridgehead atoms. The minimum absolute atomic E-state index is 0.173. The zero-order chi connectivity index (χ0) is 13.2. The van der Waals surface area contributed by atoms with Crippen molar-refractivity contribution in [3.8, 4) is 0 Å². The molecule has 0 aliphatic rings. The lowest BCUT2D eigenvalue weighted by Gasteiger charge is -2.03. The van der Waals surface area contributed by atoms with Crippen LogP contribution >= 0.6 is 0 Å². The number of aromatic carboxylic acids is 1. The SMILES string of the molecule is O=C(O)c1cccc2nnn(Cc3cccnn3)c12. The van der Waals surface area contributed by atoms with Gasteiger partial charge in [0.2, 0.25) is 0 Å². The molecular weight excluding hydrogens is 246 g/mol. The number of nitrogens with zero attached hydrogens (tertiary/aromatic N) is 5. The molecule has 2 heterocycles. The standard InChI is InChI=1S/C12H9N5O2/c18-12(19)9-4-1-5-10-11(9)17(16-15-10)7-8-3-2-6-13-14-8/h1-6H,7H2,(H,18,19). The first-order valence-corrected chi connectivity index (χ1v) is 5.58. The van der Waals surface area contributed by atoms with Gasteiger partial charge in [-0.3, -0.25) is 0 Å². The molecule has 0 amide bonds. The molecule has 0 fully saturated rings. The molecule has 19 heavy (non-hydrogen) atoms. The Balaban J connectivity index is 2.12. The summed E-state index contributed by atoms with van der Waals surface area (Å²) in [4.78, 5) is 11.2. The van der Waals surface area contributed by atoms with Gasteiger partial charge in [0.1, 0.15) is 11.0 Å². The van der Waals surface area contributed by atoms with Gasteiger partial charge in [-0.2, -0.15) is 10.2 Å². The Labute approximate surface area is 107 Å². The topological polar surface area (TPSA) is 93.8 Å². The zero-order valence-electron chi connectivity index (χ0n) is 9.76. The Hall–Kier alpha value is -2.83. The van der Waals surface area contributed by atoms with Gasteiger partial charge >= 0.3 is 5.97 Å². The predicted molar refractivity (Wildman–Crippen MR) is 65.6 cm³/mol. The van der Waals surface area contributed by atoms with E-state index in [1.165, 1.54) is 10.7 Å². The summed E-state index contributed by atoms with van der Waals surface area (Å²) in [6, 6.07) is 8.46. The molecule has 1 aromatic carbocycles. The van der Waals surface area contributed by atoms with Gasteiger partial charge in [0.05, 0.1) is 17.8 Å². The van der Waals surface area contributed by atoms with E-state index in [1.54, 1.807) is 30.5 Å². The first kappa shape index (κ1) is 11.3. The van der Waals surface area contributed by atoms with Crippen LogP contribution in [0.5, 0.6) is 0 Å². The number of benzene rings is 1. The fraction of sp³-hybridized carbons (Fsp3) is 0.0833. The highest BCUT2D eigenvalue weighted by Crippen LogP contribution is 2.17. The van der Waals surface area contributed by atoms with E-state index < -0.39 is 5.97 Å². The molecule has 7 heteroatoms. The summed E-state index contributed by atoms with van der Waals surface area (Å²) in [6.45, 7) is 0.328. The number of hydrogen-bond donors (Lipinski definition) is 1. The van der Waals surface area contributed by atoms with Crippen LogP contribution in [0.15, 0.2) is 36.5 Å². The normalized spacial score (nSPS) is 10.7. The monoisotopic (exact) mass is 255 g/mol. The number of carboxylic acids is 1. The van der Waals surface area contributed by atoms with Gasteiger partial charge < -0.3 is 5.11 Å². The van der Waals surface area contributed by atoms with Crippen LogP contribution in [0.2, 0.25) is 0 Å². The number of rotatable bonds is 3. The molecule has 1 N–H and O–H groups in total. The summed E-state index contributed by atoms with van der Waals surface area (Å²) < 4.78 is 1.52. The van der Waals surface area contributed by atoms with Crippen LogP contribution in [0.25, 0.3) is 11.0 Å². The van der Waals surface area contributed by atoms with Crippen LogP contribution in [0.4, 0.5) is 0 Å². The number of aromatic nitrogens is 5. The molecule has 3 aromatic rings. The van der Waals surface area contributed by atoms with Crippen LogP contribution in [-0.2, 0) is 6.54 Å². The van der Waals surface area contributed by atoms with Gasteiger partial charge in [0, 0.05) is 6.20 Å². The fourth-order valence-electron chi connectivity index (χ4n) is 1.88. The van der Waals surface area contributed by atoms with Gasteiger partial charge in [0.25, 0.3) is 0 Å². The van der Waals surface area contributed by atoms with Gasteiger partial charge in [-0.25, -0.2) is 9.48 Å².